The number of halogens is 1. The van der Waals surface area contributed by atoms with E-state index in [9.17, 15) is 0 Å². The van der Waals surface area contributed by atoms with E-state index in [4.69, 9.17) is 0 Å². The van der Waals surface area contributed by atoms with Gasteiger partial charge in [-0.05, 0) is 25.7 Å². The average Bonchev–Trinajstić information content (AvgIpc) is 2.25. The molecule has 0 bridgehead atoms. The van der Waals surface area contributed by atoms with Gasteiger partial charge in [0.1, 0.15) is 0 Å². The first kappa shape index (κ1) is 15.7. The Kier molecular flexibility index (Phi) is 8.70. The molecular formula is C12H24IN3. The van der Waals surface area contributed by atoms with Crippen LogP contribution in [0.5, 0.6) is 0 Å². The van der Waals surface area contributed by atoms with E-state index in [2.05, 4.69) is 35.6 Å². The SMILES string of the molecule is C=CCN=C(NCC)N1CCC(C)CC1.I. The Morgan fingerprint density at radius 3 is 2.62 bits per heavy atom. The summed E-state index contributed by atoms with van der Waals surface area (Å²) in [6.07, 6.45) is 4.39. The van der Waals surface area contributed by atoms with Crippen molar-refractivity contribution in [2.24, 2.45) is 10.9 Å². The van der Waals surface area contributed by atoms with Crippen molar-refractivity contribution in [3.05, 3.63) is 12.7 Å². The molecule has 1 rings (SSSR count). The fourth-order valence-corrected chi connectivity index (χ4v) is 1.80. The highest BCUT2D eigenvalue weighted by Gasteiger charge is 2.17. The summed E-state index contributed by atoms with van der Waals surface area (Å²) in [7, 11) is 0. The molecule has 0 spiro atoms. The van der Waals surface area contributed by atoms with Crippen molar-refractivity contribution in [2.75, 3.05) is 26.2 Å². The molecule has 0 aromatic rings. The number of hydrogen-bond acceptors (Lipinski definition) is 1. The molecule has 0 aliphatic carbocycles. The van der Waals surface area contributed by atoms with Crippen LogP contribution in [0.15, 0.2) is 17.6 Å². The Bertz CT molecular complexity index is 220. The van der Waals surface area contributed by atoms with Crippen molar-refractivity contribution < 1.29 is 0 Å². The molecule has 0 atom stereocenters. The standard InChI is InChI=1S/C12H23N3.HI/c1-4-8-14-12(13-5-2)15-9-6-11(3)7-10-15;/h4,11H,1,5-10H2,2-3H3,(H,13,14);1H. The second kappa shape index (κ2) is 8.84. The minimum Gasteiger partial charge on any atom is -0.357 e. The summed E-state index contributed by atoms with van der Waals surface area (Å²) >= 11 is 0. The minimum atomic E-state index is 0. The zero-order valence-corrected chi connectivity index (χ0v) is 12.7. The van der Waals surface area contributed by atoms with Crippen molar-refractivity contribution in [2.45, 2.75) is 26.7 Å². The van der Waals surface area contributed by atoms with E-state index >= 15 is 0 Å². The third-order valence-corrected chi connectivity index (χ3v) is 2.79. The van der Waals surface area contributed by atoms with Gasteiger partial charge in [0.15, 0.2) is 5.96 Å². The smallest absolute Gasteiger partial charge is 0.194 e. The maximum Gasteiger partial charge on any atom is 0.194 e. The van der Waals surface area contributed by atoms with Gasteiger partial charge in [0.25, 0.3) is 0 Å². The Morgan fingerprint density at radius 1 is 1.50 bits per heavy atom. The van der Waals surface area contributed by atoms with Crippen molar-refractivity contribution in [3.8, 4) is 0 Å². The summed E-state index contributed by atoms with van der Waals surface area (Å²) in [5, 5.41) is 3.33. The lowest BCUT2D eigenvalue weighted by Gasteiger charge is -2.32. The van der Waals surface area contributed by atoms with Crippen LogP contribution < -0.4 is 5.32 Å². The van der Waals surface area contributed by atoms with Crippen LogP contribution in [0.25, 0.3) is 0 Å². The van der Waals surface area contributed by atoms with Gasteiger partial charge in [0, 0.05) is 19.6 Å². The summed E-state index contributed by atoms with van der Waals surface area (Å²) < 4.78 is 0. The molecule has 1 aliphatic heterocycles. The minimum absolute atomic E-state index is 0. The molecule has 94 valence electrons. The zero-order chi connectivity index (χ0) is 11.1. The lowest BCUT2D eigenvalue weighted by molar-refractivity contribution is 0.273. The Hall–Kier alpha value is -0.260. The molecule has 1 aliphatic rings. The molecule has 3 nitrogen and oxygen atoms in total. The largest absolute Gasteiger partial charge is 0.357 e. The van der Waals surface area contributed by atoms with Gasteiger partial charge in [-0.15, -0.1) is 30.6 Å². The van der Waals surface area contributed by atoms with Gasteiger partial charge in [-0.25, -0.2) is 4.99 Å². The lowest BCUT2D eigenvalue weighted by atomic mass is 10.00. The quantitative estimate of drug-likeness (QED) is 0.371. The summed E-state index contributed by atoms with van der Waals surface area (Å²) in [4.78, 5) is 6.85. The van der Waals surface area contributed by atoms with Crippen LogP contribution in [0.3, 0.4) is 0 Å². The normalized spacial score (nSPS) is 17.9. The summed E-state index contributed by atoms with van der Waals surface area (Å²) in [6, 6.07) is 0. The highest BCUT2D eigenvalue weighted by Crippen LogP contribution is 2.15. The molecule has 0 aromatic carbocycles. The van der Waals surface area contributed by atoms with Crippen LogP contribution in [0.4, 0.5) is 0 Å². The number of nitrogens with one attached hydrogen (secondary N) is 1. The van der Waals surface area contributed by atoms with Crippen molar-refractivity contribution in [3.63, 3.8) is 0 Å². The van der Waals surface area contributed by atoms with Crippen molar-refractivity contribution >= 4 is 29.9 Å². The van der Waals surface area contributed by atoms with E-state index in [1.54, 1.807) is 0 Å². The third-order valence-electron chi connectivity index (χ3n) is 2.79. The first-order valence-electron chi connectivity index (χ1n) is 5.92. The predicted molar refractivity (Wildman–Crippen MR) is 81.6 cm³/mol. The van der Waals surface area contributed by atoms with Gasteiger partial charge < -0.3 is 10.2 Å². The molecule has 0 saturated carbocycles. The van der Waals surface area contributed by atoms with Crippen LogP contribution in [0, 0.1) is 5.92 Å². The molecule has 1 heterocycles. The van der Waals surface area contributed by atoms with E-state index in [0.717, 1.165) is 31.5 Å². The van der Waals surface area contributed by atoms with Gasteiger partial charge in [-0.2, -0.15) is 0 Å². The molecule has 1 fully saturated rings. The predicted octanol–water partition coefficient (Wildman–Crippen LogP) is 2.49. The van der Waals surface area contributed by atoms with Crippen molar-refractivity contribution in [1.29, 1.82) is 0 Å². The Morgan fingerprint density at radius 2 is 2.12 bits per heavy atom. The van der Waals surface area contributed by atoms with Gasteiger partial charge in [0.05, 0.1) is 6.54 Å². The Labute approximate surface area is 116 Å². The fraction of sp³-hybridized carbons (Fsp3) is 0.750. The van der Waals surface area contributed by atoms with Gasteiger partial charge in [-0.3, -0.25) is 0 Å². The van der Waals surface area contributed by atoms with Crippen molar-refractivity contribution in [1.82, 2.24) is 10.2 Å². The summed E-state index contributed by atoms with van der Waals surface area (Å²) in [5.41, 5.74) is 0. The second-order valence-corrected chi connectivity index (χ2v) is 4.15. The van der Waals surface area contributed by atoms with E-state index in [1.165, 1.54) is 12.8 Å². The lowest BCUT2D eigenvalue weighted by Crippen LogP contribution is -2.45. The van der Waals surface area contributed by atoms with E-state index < -0.39 is 0 Å². The second-order valence-electron chi connectivity index (χ2n) is 4.15. The van der Waals surface area contributed by atoms with E-state index in [1.807, 2.05) is 6.08 Å². The highest BCUT2D eigenvalue weighted by molar-refractivity contribution is 14.0. The van der Waals surface area contributed by atoms with Crippen LogP contribution in [-0.2, 0) is 0 Å². The monoisotopic (exact) mass is 337 g/mol. The number of aliphatic imine (C=N–C) groups is 1. The van der Waals surface area contributed by atoms with E-state index in [0.29, 0.717) is 6.54 Å². The average molecular weight is 337 g/mol. The van der Waals surface area contributed by atoms with Gasteiger partial charge in [0.2, 0.25) is 0 Å². The molecule has 0 radical (unpaired) electrons. The summed E-state index contributed by atoms with van der Waals surface area (Å²) in [6.45, 7) is 12.0. The molecular weight excluding hydrogens is 313 g/mol. The molecule has 1 saturated heterocycles. The number of rotatable bonds is 3. The van der Waals surface area contributed by atoms with Crippen LogP contribution in [-0.4, -0.2) is 37.0 Å². The zero-order valence-electron chi connectivity index (χ0n) is 10.4. The number of hydrogen-bond donors (Lipinski definition) is 1. The molecule has 0 aromatic heterocycles. The number of likely N-dealkylation sites (tertiary alicyclic amines) is 1. The first-order valence-corrected chi connectivity index (χ1v) is 5.92. The van der Waals surface area contributed by atoms with Gasteiger partial charge >= 0.3 is 0 Å². The first-order chi connectivity index (χ1) is 7.27. The highest BCUT2D eigenvalue weighted by atomic mass is 127. The number of nitrogens with zero attached hydrogens (tertiary/aromatic N) is 2. The number of piperidine rings is 1. The van der Waals surface area contributed by atoms with Gasteiger partial charge in [-0.1, -0.05) is 13.0 Å². The molecule has 16 heavy (non-hydrogen) atoms. The van der Waals surface area contributed by atoms with Crippen LogP contribution in [0.2, 0.25) is 0 Å². The van der Waals surface area contributed by atoms with Crippen LogP contribution >= 0.6 is 24.0 Å². The third kappa shape index (κ3) is 5.18. The molecule has 4 heteroatoms. The topological polar surface area (TPSA) is 27.6 Å². The molecule has 0 amide bonds. The Balaban J connectivity index is 0.00000225. The maximum absolute atomic E-state index is 4.49. The van der Waals surface area contributed by atoms with E-state index in [-0.39, 0.29) is 24.0 Å². The molecule has 0 unspecified atom stereocenters. The maximum atomic E-state index is 4.49. The molecule has 1 N–H and O–H groups in total. The number of guanidine groups is 1. The van der Waals surface area contributed by atoms with Crippen LogP contribution in [0.1, 0.15) is 26.7 Å². The summed E-state index contributed by atoms with van der Waals surface area (Å²) in [5.74, 6) is 1.91. The fourth-order valence-electron chi connectivity index (χ4n) is 1.80.